The Morgan fingerprint density at radius 2 is 1.68 bits per heavy atom. The van der Waals surface area contributed by atoms with Crippen molar-refractivity contribution in [2.24, 2.45) is 11.8 Å². The minimum atomic E-state index is 0. The van der Waals surface area contributed by atoms with Crippen molar-refractivity contribution in [3.8, 4) is 0 Å². The van der Waals surface area contributed by atoms with E-state index in [1.54, 1.807) is 0 Å². The molecule has 4 nitrogen and oxygen atoms in total. The molecule has 0 aliphatic carbocycles. The van der Waals surface area contributed by atoms with Crippen LogP contribution in [0.25, 0.3) is 0 Å². The summed E-state index contributed by atoms with van der Waals surface area (Å²) in [7, 11) is 0. The third kappa shape index (κ3) is 5.73. The summed E-state index contributed by atoms with van der Waals surface area (Å²) in [5.74, 6) is 1.36. The van der Waals surface area contributed by atoms with Crippen molar-refractivity contribution >= 4 is 5.91 Å². The van der Waals surface area contributed by atoms with E-state index in [1.807, 2.05) is 4.90 Å². The molecule has 1 amide bonds. The molecule has 0 aromatic rings. The Kier molecular flexibility index (Phi) is 8.68. The van der Waals surface area contributed by atoms with E-state index in [1.165, 1.54) is 12.8 Å². The third-order valence-corrected chi connectivity index (χ3v) is 4.44. The summed E-state index contributed by atoms with van der Waals surface area (Å²) in [5.41, 5.74) is 0. The van der Waals surface area contributed by atoms with Gasteiger partial charge >= 0.3 is 51.4 Å². The van der Waals surface area contributed by atoms with Crippen molar-refractivity contribution in [3.63, 3.8) is 0 Å². The molecule has 0 unspecified atom stereocenters. The fraction of sp³-hybridized carbons (Fsp3) is 0.929. The summed E-state index contributed by atoms with van der Waals surface area (Å²) >= 11 is 0. The molecule has 0 saturated carbocycles. The summed E-state index contributed by atoms with van der Waals surface area (Å²) in [5, 5.41) is 10.8. The van der Waals surface area contributed by atoms with Crippen LogP contribution in [0.15, 0.2) is 0 Å². The fourth-order valence-electron chi connectivity index (χ4n) is 2.86. The number of amides is 1. The standard InChI is InChI=1S/C14H25N2O2.K/c1-12-2-6-15(7-3-12)10-14(18)16-8-4-13(11-17)5-9-16;/h12-13H,2-11H2,1H3;/q-1;+1. The molecule has 2 fully saturated rings. The van der Waals surface area contributed by atoms with E-state index in [9.17, 15) is 9.90 Å². The summed E-state index contributed by atoms with van der Waals surface area (Å²) in [4.78, 5) is 16.4. The molecule has 0 bridgehead atoms. The number of carbonyl (C=O) groups excluding carboxylic acids is 1. The quantitative estimate of drug-likeness (QED) is 0.533. The Morgan fingerprint density at radius 3 is 2.21 bits per heavy atom. The van der Waals surface area contributed by atoms with E-state index in [-0.39, 0.29) is 63.9 Å². The molecule has 0 aromatic heterocycles. The maximum Gasteiger partial charge on any atom is 1.00 e. The van der Waals surface area contributed by atoms with Gasteiger partial charge < -0.3 is 10.0 Å². The van der Waals surface area contributed by atoms with E-state index in [0.717, 1.165) is 44.9 Å². The minimum absolute atomic E-state index is 0. The number of likely N-dealkylation sites (tertiary alicyclic amines) is 2. The van der Waals surface area contributed by atoms with Crippen LogP contribution in [0.4, 0.5) is 0 Å². The first-order valence-electron chi connectivity index (χ1n) is 7.27. The van der Waals surface area contributed by atoms with E-state index in [4.69, 9.17) is 0 Å². The Balaban J connectivity index is 0.00000180. The predicted molar refractivity (Wildman–Crippen MR) is 69.0 cm³/mol. The monoisotopic (exact) mass is 292 g/mol. The number of nitrogens with zero attached hydrogens (tertiary/aromatic N) is 2. The van der Waals surface area contributed by atoms with Crippen LogP contribution < -0.4 is 56.5 Å². The van der Waals surface area contributed by atoms with Crippen LogP contribution in [0.1, 0.15) is 32.6 Å². The Bertz CT molecular complexity index is 273. The maximum atomic E-state index is 12.1. The number of hydrogen-bond acceptors (Lipinski definition) is 3. The number of piperidine rings is 2. The van der Waals surface area contributed by atoms with Gasteiger partial charge in [-0.15, -0.1) is 6.61 Å². The van der Waals surface area contributed by atoms with Crippen LogP contribution in [0.2, 0.25) is 0 Å². The molecule has 0 spiro atoms. The van der Waals surface area contributed by atoms with Gasteiger partial charge in [0.15, 0.2) is 0 Å². The summed E-state index contributed by atoms with van der Waals surface area (Å²) in [6.45, 7) is 6.58. The van der Waals surface area contributed by atoms with Crippen molar-refractivity contribution in [2.75, 3.05) is 39.3 Å². The normalized spacial score (nSPS) is 23.2. The van der Waals surface area contributed by atoms with Crippen LogP contribution in [-0.2, 0) is 4.79 Å². The molecule has 19 heavy (non-hydrogen) atoms. The molecule has 0 radical (unpaired) electrons. The zero-order valence-corrected chi connectivity index (χ0v) is 15.6. The molecule has 2 rings (SSSR count). The molecule has 2 aliphatic heterocycles. The molecule has 2 heterocycles. The summed E-state index contributed by atoms with van der Waals surface area (Å²) in [6, 6.07) is 0. The van der Waals surface area contributed by atoms with Gasteiger partial charge in [-0.2, -0.15) is 0 Å². The number of hydrogen-bond donors (Lipinski definition) is 0. The van der Waals surface area contributed by atoms with Crippen LogP contribution in [-0.4, -0.2) is 55.0 Å². The second-order valence-electron chi connectivity index (χ2n) is 5.95. The van der Waals surface area contributed by atoms with Gasteiger partial charge in [0, 0.05) is 13.1 Å². The van der Waals surface area contributed by atoms with Gasteiger partial charge in [-0.25, -0.2) is 0 Å². The van der Waals surface area contributed by atoms with Crippen molar-refractivity contribution < 1.29 is 61.3 Å². The topological polar surface area (TPSA) is 46.6 Å². The molecule has 0 atom stereocenters. The molecular weight excluding hydrogens is 267 g/mol. The first-order valence-corrected chi connectivity index (χ1v) is 7.27. The average molecular weight is 292 g/mol. The molecule has 5 heteroatoms. The van der Waals surface area contributed by atoms with Gasteiger partial charge in [-0.1, -0.05) is 12.8 Å². The van der Waals surface area contributed by atoms with E-state index in [0.29, 0.717) is 12.5 Å². The predicted octanol–water partition coefficient (Wildman–Crippen LogP) is -2.68. The molecule has 2 aliphatic rings. The van der Waals surface area contributed by atoms with Crippen molar-refractivity contribution in [1.29, 1.82) is 0 Å². The van der Waals surface area contributed by atoms with Gasteiger partial charge in [0.05, 0.1) is 6.54 Å². The zero-order valence-electron chi connectivity index (χ0n) is 12.4. The molecule has 2 saturated heterocycles. The van der Waals surface area contributed by atoms with Crippen molar-refractivity contribution in [3.05, 3.63) is 0 Å². The zero-order chi connectivity index (χ0) is 13.0. The first kappa shape index (κ1) is 18.1. The second kappa shape index (κ2) is 9.13. The van der Waals surface area contributed by atoms with Gasteiger partial charge in [-0.3, -0.25) is 9.69 Å². The molecule has 0 aromatic carbocycles. The van der Waals surface area contributed by atoms with E-state index < -0.39 is 0 Å². The molecular formula is C14H25KN2O2. The Morgan fingerprint density at radius 1 is 1.11 bits per heavy atom. The SMILES string of the molecule is CC1CCN(CC(=O)N2CCC(C[O-])CC2)CC1.[K+]. The van der Waals surface area contributed by atoms with E-state index in [2.05, 4.69) is 11.8 Å². The summed E-state index contributed by atoms with van der Waals surface area (Å²) < 4.78 is 0. The smallest absolute Gasteiger partial charge is 0.854 e. The Hall–Kier alpha value is 1.03. The fourth-order valence-corrected chi connectivity index (χ4v) is 2.86. The Labute approximate surface area is 159 Å². The van der Waals surface area contributed by atoms with Gasteiger partial charge in [-0.05, 0) is 44.7 Å². The molecule has 0 N–H and O–H groups in total. The molecule has 104 valence electrons. The van der Waals surface area contributed by atoms with Crippen molar-refractivity contribution in [2.45, 2.75) is 32.6 Å². The van der Waals surface area contributed by atoms with Gasteiger partial charge in [0.25, 0.3) is 0 Å². The van der Waals surface area contributed by atoms with Crippen LogP contribution in [0.5, 0.6) is 0 Å². The van der Waals surface area contributed by atoms with E-state index >= 15 is 0 Å². The number of carbonyl (C=O) groups is 1. The number of rotatable bonds is 3. The average Bonchev–Trinajstić information content (AvgIpc) is 2.41. The van der Waals surface area contributed by atoms with Crippen molar-refractivity contribution in [1.82, 2.24) is 9.80 Å². The largest absolute Gasteiger partial charge is 1.00 e. The van der Waals surface area contributed by atoms with Crippen LogP contribution in [0.3, 0.4) is 0 Å². The second-order valence-corrected chi connectivity index (χ2v) is 5.95. The summed E-state index contributed by atoms with van der Waals surface area (Å²) in [6.07, 6.45) is 4.22. The van der Waals surface area contributed by atoms with Gasteiger partial charge in [0.1, 0.15) is 0 Å². The minimum Gasteiger partial charge on any atom is -0.854 e. The van der Waals surface area contributed by atoms with Crippen LogP contribution >= 0.6 is 0 Å². The van der Waals surface area contributed by atoms with Gasteiger partial charge in [0.2, 0.25) is 5.91 Å². The third-order valence-electron chi connectivity index (χ3n) is 4.44. The maximum absolute atomic E-state index is 12.1. The van der Waals surface area contributed by atoms with Crippen LogP contribution in [0, 0.1) is 11.8 Å². The first-order chi connectivity index (χ1) is 8.69.